The number of pyridine rings is 1. The molecule has 1 heterocycles. The van der Waals surface area contributed by atoms with E-state index in [0.29, 0.717) is 16.9 Å². The number of aryl methyl sites for hydroxylation is 1. The van der Waals surface area contributed by atoms with Crippen molar-refractivity contribution in [3.05, 3.63) is 59.2 Å². The Balaban J connectivity index is 2.02. The molecule has 0 radical (unpaired) electrons. The molecule has 1 aromatic heterocycles. The molecule has 0 amide bonds. The van der Waals surface area contributed by atoms with Gasteiger partial charge in [0.05, 0.1) is 41.6 Å². The van der Waals surface area contributed by atoms with Crippen molar-refractivity contribution in [3.8, 4) is 11.8 Å². The van der Waals surface area contributed by atoms with Crippen LogP contribution >= 0.6 is 0 Å². The summed E-state index contributed by atoms with van der Waals surface area (Å²) in [6.45, 7) is 8.95. The zero-order valence-electron chi connectivity index (χ0n) is 27.0. The van der Waals surface area contributed by atoms with Gasteiger partial charge in [-0.15, -0.1) is 10.2 Å². The summed E-state index contributed by atoms with van der Waals surface area (Å²) in [7, 11) is -2.38. The average Bonchev–Trinajstić information content (AvgIpc) is 2.98. The van der Waals surface area contributed by atoms with E-state index < -0.39 is 28.1 Å². The normalized spacial score (nSPS) is 13.8. The minimum atomic E-state index is -3.79. The number of rotatable bonds is 16. The van der Waals surface area contributed by atoms with E-state index in [1.807, 2.05) is 30.3 Å². The molecule has 0 aliphatic rings. The van der Waals surface area contributed by atoms with E-state index in [0.717, 1.165) is 5.69 Å². The number of hydrogen-bond donors (Lipinski definition) is 5. The second kappa shape index (κ2) is 16.4. The van der Waals surface area contributed by atoms with Crippen LogP contribution in [0.25, 0.3) is 0 Å². The van der Waals surface area contributed by atoms with E-state index >= 15 is 0 Å². The average molecular weight is 654 g/mol. The van der Waals surface area contributed by atoms with Crippen molar-refractivity contribution in [3.63, 3.8) is 0 Å². The minimum Gasteiger partial charge on any atom is -0.494 e. The quantitative estimate of drug-likeness (QED) is 0.138. The van der Waals surface area contributed by atoms with Crippen LogP contribution in [-0.2, 0) is 9.84 Å². The first-order valence-corrected chi connectivity index (χ1v) is 16.5. The third-order valence-electron chi connectivity index (χ3n) is 6.92. The molecule has 2 aromatic carbocycles. The van der Waals surface area contributed by atoms with Crippen molar-refractivity contribution in [2.75, 3.05) is 49.7 Å². The second-order valence-corrected chi connectivity index (χ2v) is 13.3. The van der Waals surface area contributed by atoms with Gasteiger partial charge in [-0.3, -0.25) is 4.90 Å². The van der Waals surface area contributed by atoms with Crippen LogP contribution in [0.4, 0.5) is 28.7 Å². The van der Waals surface area contributed by atoms with Crippen LogP contribution in [0.15, 0.2) is 57.6 Å². The molecule has 13 nitrogen and oxygen atoms in total. The molecular weight excluding hydrogens is 610 g/mol. The standard InChI is InChI=1S/C32H43N7O6S/c1-20-14-27(28(45-6)15-29(20)46(43,44)13-12-39(18-22(3)41)19-23(4)42)37-38-30-24(5)26(16-33)31(34-17-21(2)40)36-32(30)35-25-10-8-7-9-11-25/h7-11,14-15,21-23,40-42H,12-13,17-19H2,1-6H3,(H2,34,35,36)/b38-37+. The number of methoxy groups -OCH3 is 1. The van der Waals surface area contributed by atoms with Crippen LogP contribution in [0.2, 0.25) is 0 Å². The highest BCUT2D eigenvalue weighted by molar-refractivity contribution is 7.91. The fraction of sp³-hybridized carbons (Fsp3) is 0.438. The summed E-state index contributed by atoms with van der Waals surface area (Å²) in [6, 6.07) is 14.4. The molecule has 0 bridgehead atoms. The number of ether oxygens (including phenoxy) is 1. The first kappa shape index (κ1) is 36.3. The highest BCUT2D eigenvalue weighted by Gasteiger charge is 2.23. The number of aliphatic hydroxyl groups excluding tert-OH is 3. The summed E-state index contributed by atoms with van der Waals surface area (Å²) in [5, 5.41) is 54.5. The molecule has 0 aliphatic carbocycles. The Kier molecular flexibility index (Phi) is 13.0. The smallest absolute Gasteiger partial charge is 0.180 e. The van der Waals surface area contributed by atoms with Gasteiger partial charge in [0, 0.05) is 43.5 Å². The Labute approximate surface area is 270 Å². The predicted octanol–water partition coefficient (Wildman–Crippen LogP) is 4.37. The first-order chi connectivity index (χ1) is 21.7. The Bertz CT molecular complexity index is 1650. The number of anilines is 3. The van der Waals surface area contributed by atoms with Gasteiger partial charge in [0.25, 0.3) is 0 Å². The number of benzene rings is 2. The fourth-order valence-electron chi connectivity index (χ4n) is 4.77. The molecule has 3 rings (SSSR count). The van der Waals surface area contributed by atoms with Crippen molar-refractivity contribution in [1.29, 1.82) is 5.26 Å². The summed E-state index contributed by atoms with van der Waals surface area (Å²) in [5.74, 6) is 0.537. The minimum absolute atomic E-state index is 0.0712. The predicted molar refractivity (Wildman–Crippen MR) is 177 cm³/mol. The molecule has 46 heavy (non-hydrogen) atoms. The second-order valence-electron chi connectivity index (χ2n) is 11.3. The molecule has 3 atom stereocenters. The van der Waals surface area contributed by atoms with Crippen LogP contribution in [0, 0.1) is 25.2 Å². The van der Waals surface area contributed by atoms with E-state index in [1.54, 1.807) is 45.6 Å². The van der Waals surface area contributed by atoms with Crippen molar-refractivity contribution in [1.82, 2.24) is 9.88 Å². The zero-order chi connectivity index (χ0) is 34.0. The molecule has 0 fully saturated rings. The number of sulfone groups is 1. The molecule has 0 spiro atoms. The van der Waals surface area contributed by atoms with Crippen molar-refractivity contribution in [2.45, 2.75) is 57.8 Å². The highest BCUT2D eigenvalue weighted by Crippen LogP contribution is 2.39. The Morgan fingerprint density at radius 1 is 1.00 bits per heavy atom. The molecule has 14 heteroatoms. The number of nitrogens with one attached hydrogen (secondary N) is 2. The maximum atomic E-state index is 13.4. The van der Waals surface area contributed by atoms with Gasteiger partial charge in [0.2, 0.25) is 0 Å². The van der Waals surface area contributed by atoms with E-state index in [9.17, 15) is 29.0 Å². The van der Waals surface area contributed by atoms with E-state index in [4.69, 9.17) is 4.74 Å². The lowest BCUT2D eigenvalue weighted by molar-refractivity contribution is 0.0873. The van der Waals surface area contributed by atoms with Crippen LogP contribution in [0.1, 0.15) is 37.5 Å². The van der Waals surface area contributed by atoms with E-state index in [2.05, 4.69) is 31.9 Å². The molecule has 0 saturated carbocycles. The summed E-state index contributed by atoms with van der Waals surface area (Å²) in [6.07, 6.45) is -2.04. The molecule has 3 aromatic rings. The maximum absolute atomic E-state index is 13.4. The molecule has 0 saturated heterocycles. The summed E-state index contributed by atoms with van der Waals surface area (Å²) in [5.41, 5.74) is 2.43. The van der Waals surface area contributed by atoms with Crippen LogP contribution in [0.3, 0.4) is 0 Å². The van der Waals surface area contributed by atoms with Gasteiger partial charge in [-0.25, -0.2) is 13.4 Å². The van der Waals surface area contributed by atoms with Gasteiger partial charge in [-0.05, 0) is 58.4 Å². The van der Waals surface area contributed by atoms with Gasteiger partial charge in [-0.2, -0.15) is 5.26 Å². The van der Waals surface area contributed by atoms with Gasteiger partial charge in [-0.1, -0.05) is 18.2 Å². The SMILES string of the molecule is COc1cc(S(=O)(=O)CCN(CC(C)O)CC(C)O)c(C)cc1/N=N/c1c(Nc2ccccc2)nc(NCC(C)O)c(C#N)c1C. The number of aliphatic hydroxyl groups is 3. The molecule has 5 N–H and O–H groups in total. The Morgan fingerprint density at radius 2 is 1.65 bits per heavy atom. The monoisotopic (exact) mass is 653 g/mol. The highest BCUT2D eigenvalue weighted by atomic mass is 32.2. The Morgan fingerprint density at radius 3 is 2.22 bits per heavy atom. The van der Waals surface area contributed by atoms with E-state index in [1.165, 1.54) is 13.2 Å². The number of aromatic nitrogens is 1. The largest absolute Gasteiger partial charge is 0.494 e. The number of hydrogen-bond acceptors (Lipinski definition) is 13. The van der Waals surface area contributed by atoms with Gasteiger partial charge < -0.3 is 30.7 Å². The van der Waals surface area contributed by atoms with Crippen molar-refractivity contribution >= 4 is 38.5 Å². The number of para-hydroxylation sites is 1. The fourth-order valence-corrected chi connectivity index (χ4v) is 6.32. The zero-order valence-corrected chi connectivity index (χ0v) is 27.8. The van der Waals surface area contributed by atoms with Crippen molar-refractivity contribution in [2.24, 2.45) is 10.2 Å². The lowest BCUT2D eigenvalue weighted by Crippen LogP contribution is -2.39. The maximum Gasteiger partial charge on any atom is 0.180 e. The molecule has 3 unspecified atom stereocenters. The van der Waals surface area contributed by atoms with E-state index in [-0.39, 0.29) is 65.3 Å². The van der Waals surface area contributed by atoms with Gasteiger partial charge >= 0.3 is 0 Å². The first-order valence-electron chi connectivity index (χ1n) is 14.9. The lowest BCUT2D eigenvalue weighted by atomic mass is 10.1. The Hall–Kier alpha value is -4.13. The topological polar surface area (TPSA) is 193 Å². The van der Waals surface area contributed by atoms with Crippen LogP contribution < -0.4 is 15.4 Å². The molecular formula is C32H43N7O6S. The van der Waals surface area contributed by atoms with Crippen LogP contribution in [0.5, 0.6) is 5.75 Å². The number of azo groups is 1. The van der Waals surface area contributed by atoms with Crippen LogP contribution in [-0.4, -0.2) is 91.0 Å². The van der Waals surface area contributed by atoms with Gasteiger partial charge in [0.1, 0.15) is 29.0 Å². The third-order valence-corrected chi connectivity index (χ3v) is 8.75. The summed E-state index contributed by atoms with van der Waals surface area (Å²) >= 11 is 0. The number of nitrogens with zero attached hydrogens (tertiary/aromatic N) is 5. The molecule has 248 valence electrons. The summed E-state index contributed by atoms with van der Waals surface area (Å²) in [4.78, 5) is 6.38. The van der Waals surface area contributed by atoms with Crippen molar-refractivity contribution < 1.29 is 28.5 Å². The lowest BCUT2D eigenvalue weighted by Gasteiger charge is -2.25. The summed E-state index contributed by atoms with van der Waals surface area (Å²) < 4.78 is 32.4. The number of nitriles is 1. The third kappa shape index (κ3) is 9.93. The van der Waals surface area contributed by atoms with Gasteiger partial charge in [0.15, 0.2) is 15.7 Å². The molecule has 0 aliphatic heterocycles.